The van der Waals surface area contributed by atoms with E-state index < -0.39 is 17.7 Å². The molecule has 0 aliphatic heterocycles. The molecule has 0 unspecified atom stereocenters. The van der Waals surface area contributed by atoms with Gasteiger partial charge in [0.15, 0.2) is 11.5 Å². The van der Waals surface area contributed by atoms with Crippen LogP contribution in [-0.4, -0.2) is 27.0 Å². The molecule has 0 radical (unpaired) electrons. The van der Waals surface area contributed by atoms with Crippen LogP contribution in [0.5, 0.6) is 0 Å². The Kier molecular flexibility index (Phi) is 3.75. The summed E-state index contributed by atoms with van der Waals surface area (Å²) in [4.78, 5) is 12.6. The maximum atomic E-state index is 12.8. The second-order valence-corrected chi connectivity index (χ2v) is 5.87. The first-order valence-corrected chi connectivity index (χ1v) is 7.94. The van der Waals surface area contributed by atoms with Gasteiger partial charge in [0.1, 0.15) is 5.69 Å². The van der Waals surface area contributed by atoms with E-state index in [0.717, 1.165) is 23.6 Å². The molecular formula is C13H12F3N3O2S. The average molecular weight is 331 g/mol. The molecule has 1 saturated carbocycles. The Bertz CT molecular complexity index is 704. The van der Waals surface area contributed by atoms with Crippen LogP contribution < -0.4 is 0 Å². The Morgan fingerprint density at radius 3 is 2.82 bits per heavy atom. The van der Waals surface area contributed by atoms with Crippen molar-refractivity contribution >= 4 is 17.5 Å². The van der Waals surface area contributed by atoms with Crippen LogP contribution >= 0.6 is 11.8 Å². The molecule has 0 N–H and O–H groups in total. The number of hydrogen-bond donors (Lipinski definition) is 0. The van der Waals surface area contributed by atoms with E-state index in [-0.39, 0.29) is 23.1 Å². The number of aromatic nitrogens is 3. The molecule has 2 heterocycles. The highest BCUT2D eigenvalue weighted by atomic mass is 32.2. The van der Waals surface area contributed by atoms with E-state index in [9.17, 15) is 18.0 Å². The van der Waals surface area contributed by atoms with Gasteiger partial charge in [0.25, 0.3) is 0 Å². The number of carbonyl (C=O) groups excluding carboxylic acids is 1. The molecule has 2 aromatic rings. The molecule has 0 bridgehead atoms. The van der Waals surface area contributed by atoms with E-state index in [2.05, 4.69) is 10.3 Å². The van der Waals surface area contributed by atoms with Crippen molar-refractivity contribution in [2.45, 2.75) is 30.8 Å². The second kappa shape index (κ2) is 5.45. The summed E-state index contributed by atoms with van der Waals surface area (Å²) in [7, 11) is 0. The van der Waals surface area contributed by atoms with Crippen molar-refractivity contribution in [1.82, 2.24) is 14.9 Å². The lowest BCUT2D eigenvalue weighted by Crippen LogP contribution is -2.11. The lowest BCUT2D eigenvalue weighted by molar-refractivity contribution is -0.141. The van der Waals surface area contributed by atoms with Crippen LogP contribution in [0, 0.1) is 0 Å². The van der Waals surface area contributed by atoms with Crippen LogP contribution in [0.4, 0.5) is 13.2 Å². The van der Waals surface area contributed by atoms with Gasteiger partial charge in [-0.15, -0.1) is 11.8 Å². The normalized spacial score (nSPS) is 15.3. The predicted octanol–water partition coefficient (Wildman–Crippen LogP) is 3.32. The van der Waals surface area contributed by atoms with Crippen molar-refractivity contribution in [1.29, 1.82) is 0 Å². The molecule has 1 aliphatic carbocycles. The van der Waals surface area contributed by atoms with Crippen LogP contribution in [0.2, 0.25) is 0 Å². The smallest absolute Gasteiger partial charge is 0.360 e. The lowest BCUT2D eigenvalue weighted by atomic mass is 10.1. The third-order valence-corrected chi connectivity index (χ3v) is 3.85. The second-order valence-electron chi connectivity index (χ2n) is 5.04. The highest BCUT2D eigenvalue weighted by molar-refractivity contribution is 7.97. The van der Waals surface area contributed by atoms with Crippen molar-refractivity contribution < 1.29 is 22.5 Å². The summed E-state index contributed by atoms with van der Waals surface area (Å²) in [5.74, 6) is 0.206. The Morgan fingerprint density at radius 1 is 1.50 bits per heavy atom. The van der Waals surface area contributed by atoms with Crippen molar-refractivity contribution in [2.75, 3.05) is 6.26 Å². The third-order valence-electron chi connectivity index (χ3n) is 3.35. The SMILES string of the molecule is CSCn1nc(C(F)(F)F)cc1C(=O)c1cnoc1C1CC1. The first kappa shape index (κ1) is 15.1. The Balaban J connectivity index is 2.00. The summed E-state index contributed by atoms with van der Waals surface area (Å²) in [6.07, 6.45) is 0.186. The highest BCUT2D eigenvalue weighted by Gasteiger charge is 2.38. The van der Waals surface area contributed by atoms with E-state index in [0.29, 0.717) is 5.76 Å². The van der Waals surface area contributed by atoms with Crippen LogP contribution in [0.3, 0.4) is 0 Å². The summed E-state index contributed by atoms with van der Waals surface area (Å²) in [6.45, 7) is 0. The van der Waals surface area contributed by atoms with Crippen LogP contribution in [0.25, 0.3) is 0 Å². The zero-order valence-corrected chi connectivity index (χ0v) is 12.4. The van der Waals surface area contributed by atoms with Gasteiger partial charge >= 0.3 is 6.18 Å². The molecular weight excluding hydrogens is 319 g/mol. The highest BCUT2D eigenvalue weighted by Crippen LogP contribution is 2.42. The minimum Gasteiger partial charge on any atom is -0.360 e. The van der Waals surface area contributed by atoms with Gasteiger partial charge in [0, 0.05) is 12.0 Å². The average Bonchev–Trinajstić information content (AvgIpc) is 3.01. The van der Waals surface area contributed by atoms with Crippen LogP contribution in [0.15, 0.2) is 16.8 Å². The molecule has 2 aromatic heterocycles. The zero-order chi connectivity index (χ0) is 15.9. The van der Waals surface area contributed by atoms with E-state index in [1.54, 1.807) is 6.26 Å². The molecule has 0 amide bonds. The summed E-state index contributed by atoms with van der Waals surface area (Å²) >= 11 is 1.27. The fraction of sp³-hybridized carbons (Fsp3) is 0.462. The fourth-order valence-electron chi connectivity index (χ4n) is 2.16. The van der Waals surface area contributed by atoms with Crippen LogP contribution in [-0.2, 0) is 12.1 Å². The third kappa shape index (κ3) is 2.77. The minimum atomic E-state index is -4.59. The van der Waals surface area contributed by atoms with Crippen molar-refractivity contribution in [2.24, 2.45) is 0 Å². The Labute approximate surface area is 127 Å². The van der Waals surface area contributed by atoms with Gasteiger partial charge in [-0.05, 0) is 19.1 Å². The standard InChI is InChI=1S/C13H12F3N3O2S/c1-22-6-19-9(4-10(18-19)13(14,15)16)11(20)8-5-17-21-12(8)7-2-3-7/h4-5,7H,2-3,6H2,1H3. The molecule has 0 saturated heterocycles. The maximum absolute atomic E-state index is 12.8. The summed E-state index contributed by atoms with van der Waals surface area (Å²) in [6, 6.07) is 0.780. The summed E-state index contributed by atoms with van der Waals surface area (Å²) < 4.78 is 44.6. The number of ketones is 1. The van der Waals surface area contributed by atoms with E-state index in [1.807, 2.05) is 0 Å². The van der Waals surface area contributed by atoms with Crippen LogP contribution in [0.1, 0.15) is 46.3 Å². The van der Waals surface area contributed by atoms with Gasteiger partial charge in [0.05, 0.1) is 17.6 Å². The van der Waals surface area contributed by atoms with Gasteiger partial charge in [-0.3, -0.25) is 9.48 Å². The first-order valence-electron chi connectivity index (χ1n) is 6.55. The predicted molar refractivity (Wildman–Crippen MR) is 72.7 cm³/mol. The van der Waals surface area contributed by atoms with Gasteiger partial charge < -0.3 is 4.52 Å². The number of halogens is 3. The van der Waals surface area contributed by atoms with Crippen molar-refractivity contribution in [3.63, 3.8) is 0 Å². The first-order chi connectivity index (χ1) is 10.4. The molecule has 0 spiro atoms. The number of nitrogens with zero attached hydrogens (tertiary/aromatic N) is 3. The molecule has 0 aromatic carbocycles. The summed E-state index contributed by atoms with van der Waals surface area (Å²) in [5.41, 5.74) is -0.959. The van der Waals surface area contributed by atoms with E-state index >= 15 is 0 Å². The number of hydrogen-bond acceptors (Lipinski definition) is 5. The van der Waals surface area contributed by atoms with Crippen molar-refractivity contribution in [3.05, 3.63) is 35.0 Å². The number of thioether (sulfide) groups is 1. The molecule has 3 rings (SSSR count). The van der Waals surface area contributed by atoms with Gasteiger partial charge in [-0.25, -0.2) is 0 Å². The quantitative estimate of drug-likeness (QED) is 0.787. The molecule has 9 heteroatoms. The minimum absolute atomic E-state index is 0.105. The topological polar surface area (TPSA) is 60.9 Å². The molecule has 0 atom stereocenters. The van der Waals surface area contributed by atoms with Gasteiger partial charge in [-0.2, -0.15) is 18.3 Å². The Morgan fingerprint density at radius 2 is 2.23 bits per heavy atom. The molecule has 5 nitrogen and oxygen atoms in total. The number of rotatable bonds is 5. The molecule has 118 valence electrons. The molecule has 1 aliphatic rings. The fourth-order valence-corrected chi connectivity index (χ4v) is 2.60. The zero-order valence-electron chi connectivity index (χ0n) is 11.6. The van der Waals surface area contributed by atoms with E-state index in [4.69, 9.17) is 4.52 Å². The molecule has 1 fully saturated rings. The largest absolute Gasteiger partial charge is 0.435 e. The number of carbonyl (C=O) groups is 1. The number of alkyl halides is 3. The summed E-state index contributed by atoms with van der Waals surface area (Å²) in [5, 5.41) is 7.10. The van der Waals surface area contributed by atoms with Crippen molar-refractivity contribution in [3.8, 4) is 0 Å². The van der Waals surface area contributed by atoms with Gasteiger partial charge in [0.2, 0.25) is 5.78 Å². The van der Waals surface area contributed by atoms with E-state index in [1.165, 1.54) is 18.0 Å². The lowest BCUT2D eigenvalue weighted by Gasteiger charge is -2.04. The maximum Gasteiger partial charge on any atom is 0.435 e. The Hall–Kier alpha value is -1.77. The van der Waals surface area contributed by atoms with Gasteiger partial charge in [-0.1, -0.05) is 5.16 Å². The monoisotopic (exact) mass is 331 g/mol. The molecule has 22 heavy (non-hydrogen) atoms.